The molecule has 2 aliphatic rings. The number of fused-ring (bicyclic) bond motifs is 12. The van der Waals surface area contributed by atoms with Crippen LogP contribution in [-0.4, -0.2) is 9.13 Å². The molecule has 290 valence electrons. The molecule has 2 nitrogen and oxygen atoms in total. The second kappa shape index (κ2) is 12.0. The summed E-state index contributed by atoms with van der Waals surface area (Å²) in [4.78, 5) is 0. The smallest absolute Gasteiger partial charge is 0.0541 e. The maximum absolute atomic E-state index is 2.59. The molecule has 0 aliphatic heterocycles. The molecule has 2 aliphatic carbocycles. The first-order valence-electron chi connectivity index (χ1n) is 21.5. The van der Waals surface area contributed by atoms with Gasteiger partial charge in [0.05, 0.1) is 22.1 Å². The summed E-state index contributed by atoms with van der Waals surface area (Å²) in [6.07, 6.45) is 0. The van der Waals surface area contributed by atoms with Crippen LogP contribution < -0.4 is 0 Å². The fourth-order valence-electron chi connectivity index (χ4n) is 12.8. The average Bonchev–Trinajstić information content (AvgIpc) is 3.96. The van der Waals surface area contributed by atoms with E-state index in [0.717, 1.165) is 0 Å². The van der Waals surface area contributed by atoms with Crippen LogP contribution in [0.1, 0.15) is 63.8 Å². The molecule has 10 aromatic rings. The van der Waals surface area contributed by atoms with Gasteiger partial charge in [0.15, 0.2) is 0 Å². The molecule has 0 N–H and O–H groups in total. The van der Waals surface area contributed by atoms with Crippen molar-refractivity contribution in [3.63, 3.8) is 0 Å². The van der Waals surface area contributed by atoms with E-state index < -0.39 is 10.8 Å². The Morgan fingerprint density at radius 3 is 0.917 bits per heavy atom. The van der Waals surface area contributed by atoms with Gasteiger partial charge in [-0.2, -0.15) is 0 Å². The lowest BCUT2D eigenvalue weighted by Gasteiger charge is -2.62. The predicted molar refractivity (Wildman–Crippen MR) is 253 cm³/mol. The van der Waals surface area contributed by atoms with Gasteiger partial charge < -0.3 is 9.13 Å². The summed E-state index contributed by atoms with van der Waals surface area (Å²) in [6, 6.07) is 69.1. The van der Waals surface area contributed by atoms with E-state index in [1.165, 1.54) is 99.5 Å². The molecule has 0 spiro atoms. The van der Waals surface area contributed by atoms with Crippen molar-refractivity contribution in [3.05, 3.63) is 204 Å². The van der Waals surface area contributed by atoms with Crippen LogP contribution in [0.25, 0.3) is 77.2 Å². The van der Waals surface area contributed by atoms with Crippen molar-refractivity contribution in [2.45, 2.75) is 52.4 Å². The molecule has 0 fully saturated rings. The Morgan fingerprint density at radius 2 is 0.583 bits per heavy atom. The Kier molecular flexibility index (Phi) is 7.05. The van der Waals surface area contributed by atoms with E-state index in [1.807, 2.05) is 0 Å². The summed E-state index contributed by atoms with van der Waals surface area (Å²) in [5.41, 5.74) is 16.7. The summed E-state index contributed by atoms with van der Waals surface area (Å²) in [6.45, 7) is 15.1. The lowest BCUT2D eigenvalue weighted by Crippen LogP contribution is -2.62. The molecule has 2 unspecified atom stereocenters. The molecular formula is C58H48N2. The number of aromatic nitrogens is 2. The van der Waals surface area contributed by atoms with Crippen LogP contribution in [0.2, 0.25) is 0 Å². The third-order valence-electron chi connectivity index (χ3n) is 14.5. The monoisotopic (exact) mass is 772 g/mol. The average molecular weight is 773 g/mol. The van der Waals surface area contributed by atoms with Crippen LogP contribution in [0.3, 0.4) is 0 Å². The van der Waals surface area contributed by atoms with Crippen LogP contribution >= 0.6 is 0 Å². The lowest BCUT2D eigenvalue weighted by atomic mass is 9.39. The van der Waals surface area contributed by atoms with Crippen molar-refractivity contribution < 1.29 is 0 Å². The zero-order valence-corrected chi connectivity index (χ0v) is 35.2. The maximum Gasteiger partial charge on any atom is 0.0541 e. The van der Waals surface area contributed by atoms with Crippen molar-refractivity contribution >= 4 is 43.6 Å². The normalized spacial score (nSPS) is 18.3. The first-order valence-corrected chi connectivity index (χ1v) is 21.5. The van der Waals surface area contributed by atoms with Gasteiger partial charge in [-0.1, -0.05) is 175 Å². The van der Waals surface area contributed by atoms with E-state index >= 15 is 0 Å². The number of rotatable bonds is 3. The molecule has 0 bridgehead atoms. The Labute approximate surface area is 352 Å². The van der Waals surface area contributed by atoms with E-state index in [-0.39, 0.29) is 10.8 Å². The lowest BCUT2D eigenvalue weighted by molar-refractivity contribution is 0.0593. The Morgan fingerprint density at radius 1 is 0.300 bits per heavy atom. The van der Waals surface area contributed by atoms with E-state index in [2.05, 4.69) is 233 Å². The molecule has 2 heteroatoms. The predicted octanol–water partition coefficient (Wildman–Crippen LogP) is 15.2. The molecule has 0 saturated carbocycles. The molecule has 60 heavy (non-hydrogen) atoms. The summed E-state index contributed by atoms with van der Waals surface area (Å²) < 4.78 is 5.00. The molecule has 2 aromatic heterocycles. The van der Waals surface area contributed by atoms with E-state index in [1.54, 1.807) is 0 Å². The van der Waals surface area contributed by atoms with Crippen LogP contribution in [0.15, 0.2) is 182 Å². The minimum absolute atomic E-state index is 0.265. The van der Waals surface area contributed by atoms with Gasteiger partial charge in [0.1, 0.15) is 0 Å². The summed E-state index contributed by atoms with van der Waals surface area (Å²) in [5, 5.41) is 5.12. The number of hydrogen-bond donors (Lipinski definition) is 0. The quantitative estimate of drug-likeness (QED) is 0.169. The first kappa shape index (κ1) is 35.3. The third kappa shape index (κ3) is 4.19. The summed E-state index contributed by atoms with van der Waals surface area (Å²) >= 11 is 0. The van der Waals surface area contributed by atoms with Crippen molar-refractivity contribution in [1.29, 1.82) is 0 Å². The number of hydrogen-bond acceptors (Lipinski definition) is 0. The van der Waals surface area contributed by atoms with Gasteiger partial charge in [-0.05, 0) is 104 Å². The molecular weight excluding hydrogens is 725 g/mol. The molecule has 0 amide bonds. The molecule has 0 radical (unpaired) electrons. The van der Waals surface area contributed by atoms with Gasteiger partial charge in [-0.25, -0.2) is 0 Å². The van der Waals surface area contributed by atoms with Crippen LogP contribution in [0, 0.1) is 10.8 Å². The van der Waals surface area contributed by atoms with Gasteiger partial charge in [0.2, 0.25) is 0 Å². The first-order chi connectivity index (χ1) is 29.1. The zero-order valence-electron chi connectivity index (χ0n) is 35.2. The number of nitrogens with zero attached hydrogens (tertiary/aromatic N) is 2. The molecule has 2 atom stereocenters. The van der Waals surface area contributed by atoms with Crippen molar-refractivity contribution in [2.75, 3.05) is 0 Å². The highest BCUT2D eigenvalue weighted by Crippen LogP contribution is 2.75. The number of benzene rings is 8. The second-order valence-corrected chi connectivity index (χ2v) is 19.3. The zero-order chi connectivity index (χ0) is 40.8. The van der Waals surface area contributed by atoms with Crippen LogP contribution in [-0.2, 0) is 10.8 Å². The minimum atomic E-state index is -0.514. The largest absolute Gasteiger partial charge is 0.309 e. The van der Waals surface area contributed by atoms with E-state index in [9.17, 15) is 0 Å². The minimum Gasteiger partial charge on any atom is -0.309 e. The highest BCUT2D eigenvalue weighted by atomic mass is 15.0. The molecule has 8 aromatic carbocycles. The summed E-state index contributed by atoms with van der Waals surface area (Å²) in [7, 11) is 0. The van der Waals surface area contributed by atoms with Gasteiger partial charge in [-0.15, -0.1) is 0 Å². The molecule has 12 rings (SSSR count). The fourth-order valence-corrected chi connectivity index (χ4v) is 12.8. The standard InChI is InChI=1S/C58H48N2/c1-55(2,3)57(47-25-13-7-19-39(47)41-33-31-37(35-49(41)57)59-51-27-15-9-21-43(51)44-22-10-16-28-52(44)59)58(56(4,5)6)48-26-14-8-20-40(48)42-34-32-38(36-50(42)58)60-53-29-17-11-23-45(53)46-24-12-18-30-54(46)60/h7-36H,1-6H3. The molecule has 2 heterocycles. The maximum atomic E-state index is 2.59. The van der Waals surface area contributed by atoms with E-state index in [4.69, 9.17) is 0 Å². The van der Waals surface area contributed by atoms with Crippen molar-refractivity contribution in [3.8, 4) is 33.6 Å². The highest BCUT2D eigenvalue weighted by Gasteiger charge is 2.70. The van der Waals surface area contributed by atoms with Gasteiger partial charge >= 0.3 is 0 Å². The van der Waals surface area contributed by atoms with Crippen molar-refractivity contribution in [1.82, 2.24) is 9.13 Å². The third-order valence-corrected chi connectivity index (χ3v) is 14.5. The van der Waals surface area contributed by atoms with Crippen molar-refractivity contribution in [2.24, 2.45) is 10.8 Å². The SMILES string of the molecule is CC(C)(C)C1(C2(C(C)(C)C)c3ccccc3-c3ccc(-n4c5ccccc5c5ccccc54)cc32)c2ccccc2-c2ccc(-n3c4ccccc4c4ccccc43)cc21. The van der Waals surface area contributed by atoms with Gasteiger partial charge in [0.25, 0.3) is 0 Å². The Hall–Kier alpha value is -6.64. The summed E-state index contributed by atoms with van der Waals surface area (Å²) in [5.74, 6) is 0. The van der Waals surface area contributed by atoms with E-state index in [0.29, 0.717) is 0 Å². The number of para-hydroxylation sites is 4. The van der Waals surface area contributed by atoms with Crippen LogP contribution in [0.4, 0.5) is 0 Å². The molecule has 0 saturated heterocycles. The Bertz CT molecular complexity index is 3080. The van der Waals surface area contributed by atoms with Crippen LogP contribution in [0.5, 0.6) is 0 Å². The topological polar surface area (TPSA) is 9.86 Å². The van der Waals surface area contributed by atoms with Gasteiger partial charge in [0, 0.05) is 43.7 Å². The van der Waals surface area contributed by atoms with Gasteiger partial charge in [-0.3, -0.25) is 0 Å². The fraction of sp³-hybridized carbons (Fsp3) is 0.172. The highest BCUT2D eigenvalue weighted by molar-refractivity contribution is 6.10. The Balaban J connectivity index is 1.24. The second-order valence-electron chi connectivity index (χ2n) is 19.3.